The fraction of sp³-hybridized carbons (Fsp3) is 0.500. The third kappa shape index (κ3) is 3.13. The maximum atomic E-state index is 11.8. The van der Waals surface area contributed by atoms with Crippen molar-refractivity contribution in [1.29, 1.82) is 0 Å². The lowest BCUT2D eigenvalue weighted by atomic mass is 10.2. The van der Waals surface area contributed by atoms with Crippen LogP contribution in [0.25, 0.3) is 0 Å². The summed E-state index contributed by atoms with van der Waals surface area (Å²) in [6, 6.07) is 6.05. The number of piperazine rings is 1. The molecule has 108 valence electrons. The second kappa shape index (κ2) is 6.11. The number of amides is 1. The van der Waals surface area contributed by atoms with Crippen molar-refractivity contribution in [2.45, 2.75) is 0 Å². The molecule has 0 unspecified atom stereocenters. The van der Waals surface area contributed by atoms with Crippen LogP contribution < -0.4 is 15.5 Å². The van der Waals surface area contributed by atoms with Crippen LogP contribution in [0.1, 0.15) is 0 Å². The molecule has 0 radical (unpaired) electrons. The van der Waals surface area contributed by atoms with Gasteiger partial charge in [0.2, 0.25) is 5.91 Å². The Kier molecular flexibility index (Phi) is 4.24. The predicted molar refractivity (Wildman–Crippen MR) is 84.3 cm³/mol. The van der Waals surface area contributed by atoms with Gasteiger partial charge in [-0.2, -0.15) is 0 Å². The van der Waals surface area contributed by atoms with Crippen molar-refractivity contribution >= 4 is 33.2 Å². The molecule has 1 aromatic carbocycles. The first kappa shape index (κ1) is 13.9. The average Bonchev–Trinajstić information content (AvgIpc) is 2.45. The Hall–Kier alpha value is -1.11. The van der Waals surface area contributed by atoms with E-state index in [4.69, 9.17) is 0 Å². The largest absolute Gasteiger partial charge is 0.359 e. The Morgan fingerprint density at radius 1 is 1.20 bits per heavy atom. The molecule has 2 heterocycles. The summed E-state index contributed by atoms with van der Waals surface area (Å²) in [5, 5.41) is 6.29. The molecule has 2 N–H and O–H groups in total. The van der Waals surface area contributed by atoms with Crippen LogP contribution in [0.2, 0.25) is 0 Å². The molecular formula is C14H19BrN4O. The van der Waals surface area contributed by atoms with E-state index in [1.54, 1.807) is 0 Å². The summed E-state index contributed by atoms with van der Waals surface area (Å²) < 4.78 is 0.987. The van der Waals surface area contributed by atoms with E-state index in [9.17, 15) is 4.79 Å². The van der Waals surface area contributed by atoms with Crippen molar-refractivity contribution in [2.24, 2.45) is 0 Å². The smallest absolute Gasteiger partial charge is 0.243 e. The van der Waals surface area contributed by atoms with Gasteiger partial charge in [-0.25, -0.2) is 0 Å². The first-order valence-electron chi connectivity index (χ1n) is 7.00. The third-order valence-corrected chi connectivity index (χ3v) is 4.30. The first-order chi connectivity index (χ1) is 9.72. The number of halogens is 1. The molecular weight excluding hydrogens is 320 g/mol. The van der Waals surface area contributed by atoms with Gasteiger partial charge in [0.05, 0.1) is 17.9 Å². The second-order valence-electron chi connectivity index (χ2n) is 5.22. The Bertz CT molecular complexity index is 502. The maximum absolute atomic E-state index is 11.8. The van der Waals surface area contributed by atoms with E-state index in [0.29, 0.717) is 6.54 Å². The van der Waals surface area contributed by atoms with Gasteiger partial charge < -0.3 is 15.5 Å². The van der Waals surface area contributed by atoms with Crippen molar-refractivity contribution in [3.8, 4) is 0 Å². The van der Waals surface area contributed by atoms with Crippen LogP contribution in [-0.4, -0.2) is 56.6 Å². The fourth-order valence-corrected chi connectivity index (χ4v) is 3.09. The van der Waals surface area contributed by atoms with Crippen molar-refractivity contribution < 1.29 is 4.79 Å². The summed E-state index contributed by atoms with van der Waals surface area (Å²) >= 11 is 3.45. The highest BCUT2D eigenvalue weighted by Crippen LogP contribution is 2.31. The van der Waals surface area contributed by atoms with Gasteiger partial charge in [0.1, 0.15) is 0 Å². The molecule has 0 saturated carbocycles. The van der Waals surface area contributed by atoms with E-state index in [1.165, 1.54) is 0 Å². The summed E-state index contributed by atoms with van der Waals surface area (Å²) in [7, 11) is 0. The van der Waals surface area contributed by atoms with Gasteiger partial charge >= 0.3 is 0 Å². The second-order valence-corrected chi connectivity index (χ2v) is 6.14. The predicted octanol–water partition coefficient (Wildman–Crippen LogP) is 1.11. The quantitative estimate of drug-likeness (QED) is 0.866. The summed E-state index contributed by atoms with van der Waals surface area (Å²) in [5.74, 6) is 0.0657. The molecule has 0 aromatic heterocycles. The van der Waals surface area contributed by atoms with Crippen LogP contribution in [0.15, 0.2) is 22.7 Å². The molecule has 2 aliphatic heterocycles. The van der Waals surface area contributed by atoms with Crippen molar-refractivity contribution in [3.05, 3.63) is 22.7 Å². The summed E-state index contributed by atoms with van der Waals surface area (Å²) in [6.45, 7) is 6.64. The van der Waals surface area contributed by atoms with Crippen molar-refractivity contribution in [1.82, 2.24) is 10.2 Å². The van der Waals surface area contributed by atoms with Crippen LogP contribution in [0.3, 0.4) is 0 Å². The minimum Gasteiger partial charge on any atom is -0.359 e. The number of hydrogen-bond acceptors (Lipinski definition) is 4. The molecule has 20 heavy (non-hydrogen) atoms. The summed E-state index contributed by atoms with van der Waals surface area (Å²) in [6.07, 6.45) is 0. The fourth-order valence-electron chi connectivity index (χ4n) is 2.73. The molecule has 3 rings (SSSR count). The number of fused-ring (bicyclic) bond motifs is 1. The molecule has 0 aliphatic carbocycles. The van der Waals surface area contributed by atoms with Crippen molar-refractivity contribution in [2.75, 3.05) is 56.0 Å². The minimum atomic E-state index is 0.0657. The zero-order valence-corrected chi connectivity index (χ0v) is 12.9. The molecule has 1 saturated heterocycles. The summed E-state index contributed by atoms with van der Waals surface area (Å²) in [5.41, 5.74) is 2.01. The van der Waals surface area contributed by atoms with E-state index < -0.39 is 0 Å². The number of anilines is 2. The van der Waals surface area contributed by atoms with Gasteiger partial charge in [-0.05, 0) is 18.2 Å². The Labute approximate surface area is 127 Å². The van der Waals surface area contributed by atoms with Crippen LogP contribution in [0.5, 0.6) is 0 Å². The molecule has 2 aliphatic rings. The highest BCUT2D eigenvalue weighted by Gasteiger charge is 2.22. The Morgan fingerprint density at radius 3 is 2.80 bits per heavy atom. The van der Waals surface area contributed by atoms with Crippen molar-refractivity contribution in [3.63, 3.8) is 0 Å². The zero-order valence-electron chi connectivity index (χ0n) is 11.4. The lowest BCUT2D eigenvalue weighted by Crippen LogP contribution is -2.48. The Morgan fingerprint density at radius 2 is 2.00 bits per heavy atom. The molecule has 0 atom stereocenters. The molecule has 1 amide bonds. The number of nitrogens with one attached hydrogen (secondary N) is 2. The van der Waals surface area contributed by atoms with E-state index in [-0.39, 0.29) is 5.91 Å². The van der Waals surface area contributed by atoms with Crippen LogP contribution >= 0.6 is 15.9 Å². The number of rotatable bonds is 3. The van der Waals surface area contributed by atoms with Gasteiger partial charge in [-0.15, -0.1) is 0 Å². The van der Waals surface area contributed by atoms with Gasteiger partial charge in [0, 0.05) is 43.7 Å². The first-order valence-corrected chi connectivity index (χ1v) is 7.79. The zero-order chi connectivity index (χ0) is 13.9. The van der Waals surface area contributed by atoms with Gasteiger partial charge in [-0.3, -0.25) is 9.69 Å². The molecule has 5 nitrogen and oxygen atoms in total. The highest BCUT2D eigenvalue weighted by molar-refractivity contribution is 9.10. The van der Waals surface area contributed by atoms with Gasteiger partial charge in [0.15, 0.2) is 0 Å². The minimum absolute atomic E-state index is 0.0657. The normalized spacial score (nSPS) is 19.6. The molecule has 6 heteroatoms. The lowest BCUT2D eigenvalue weighted by molar-refractivity contribution is -0.115. The van der Waals surface area contributed by atoms with Crippen LogP contribution in [-0.2, 0) is 4.79 Å². The Balaban J connectivity index is 1.68. The lowest BCUT2D eigenvalue weighted by Gasteiger charge is -2.34. The average molecular weight is 339 g/mol. The molecule has 0 spiro atoms. The van der Waals surface area contributed by atoms with Gasteiger partial charge in [0.25, 0.3) is 0 Å². The molecule has 1 fully saturated rings. The van der Waals surface area contributed by atoms with Crippen LogP contribution in [0.4, 0.5) is 11.4 Å². The van der Waals surface area contributed by atoms with E-state index in [2.05, 4.69) is 42.4 Å². The number of hydrogen-bond donors (Lipinski definition) is 2. The molecule has 1 aromatic rings. The van der Waals surface area contributed by atoms with Gasteiger partial charge in [-0.1, -0.05) is 15.9 Å². The van der Waals surface area contributed by atoms with Crippen LogP contribution in [0, 0.1) is 0 Å². The SMILES string of the molecule is O=C1CN(CCN2CCNCC2)c2ccc(Br)cc2N1. The van der Waals surface area contributed by atoms with E-state index in [0.717, 1.165) is 55.1 Å². The topological polar surface area (TPSA) is 47.6 Å². The number of nitrogens with zero attached hydrogens (tertiary/aromatic N) is 2. The maximum Gasteiger partial charge on any atom is 0.243 e. The number of carbonyl (C=O) groups excluding carboxylic acids is 1. The number of carbonyl (C=O) groups is 1. The number of benzene rings is 1. The summed E-state index contributed by atoms with van der Waals surface area (Å²) in [4.78, 5) is 16.4. The standard InChI is InChI=1S/C14H19BrN4O/c15-11-1-2-13-12(9-11)17-14(20)10-19(13)8-7-18-5-3-16-4-6-18/h1-2,9,16H,3-8,10H2,(H,17,20). The monoisotopic (exact) mass is 338 g/mol. The van der Waals surface area contributed by atoms with E-state index >= 15 is 0 Å². The third-order valence-electron chi connectivity index (χ3n) is 3.80. The van der Waals surface area contributed by atoms with E-state index in [1.807, 2.05) is 12.1 Å². The molecule has 0 bridgehead atoms. The highest BCUT2D eigenvalue weighted by atomic mass is 79.9.